The topological polar surface area (TPSA) is 64.8 Å². The number of hydrogen-bond donors (Lipinski definition) is 1. The Bertz CT molecular complexity index is 406. The molecular weight excluding hydrogens is 256 g/mol. The highest BCUT2D eigenvalue weighted by molar-refractivity contribution is 5.78. The lowest BCUT2D eigenvalue weighted by Gasteiger charge is -2.28. The van der Waals surface area contributed by atoms with Gasteiger partial charge in [-0.05, 0) is 37.6 Å². The van der Waals surface area contributed by atoms with Crippen LogP contribution in [0.25, 0.3) is 0 Å². The summed E-state index contributed by atoms with van der Waals surface area (Å²) in [6.07, 6.45) is 0.900. The Labute approximate surface area is 120 Å². The molecule has 0 spiro atoms. The largest absolute Gasteiger partial charge is 0.484 e. The molecule has 0 saturated carbocycles. The van der Waals surface area contributed by atoms with Gasteiger partial charge in [-0.15, -0.1) is 0 Å². The van der Waals surface area contributed by atoms with E-state index in [-0.39, 0.29) is 18.6 Å². The van der Waals surface area contributed by atoms with Gasteiger partial charge in [0.05, 0.1) is 6.61 Å². The minimum atomic E-state index is -0.0341. The van der Waals surface area contributed by atoms with Crippen molar-refractivity contribution in [3.63, 3.8) is 0 Å². The first kappa shape index (κ1) is 16.3. The van der Waals surface area contributed by atoms with E-state index in [2.05, 4.69) is 6.92 Å². The number of anilines is 1. The number of nitrogen functional groups attached to an aromatic ring is 1. The van der Waals surface area contributed by atoms with Crippen LogP contribution < -0.4 is 10.5 Å². The van der Waals surface area contributed by atoms with Crippen LogP contribution >= 0.6 is 0 Å². The van der Waals surface area contributed by atoms with Crippen molar-refractivity contribution in [1.29, 1.82) is 0 Å². The summed E-state index contributed by atoms with van der Waals surface area (Å²) < 4.78 is 10.5. The summed E-state index contributed by atoms with van der Waals surface area (Å²) in [5, 5.41) is 0. The molecule has 5 nitrogen and oxygen atoms in total. The van der Waals surface area contributed by atoms with Crippen molar-refractivity contribution >= 4 is 11.6 Å². The first-order valence-electron chi connectivity index (χ1n) is 6.85. The molecule has 1 aromatic rings. The summed E-state index contributed by atoms with van der Waals surface area (Å²) in [4.78, 5) is 14.0. The van der Waals surface area contributed by atoms with Crippen LogP contribution in [0.1, 0.15) is 20.3 Å². The minimum Gasteiger partial charge on any atom is -0.484 e. The number of amides is 1. The Hall–Kier alpha value is -1.75. The third-order valence-electron chi connectivity index (χ3n) is 3.22. The van der Waals surface area contributed by atoms with Crippen LogP contribution in [0.3, 0.4) is 0 Å². The molecule has 1 unspecified atom stereocenters. The van der Waals surface area contributed by atoms with E-state index in [9.17, 15) is 4.79 Å². The van der Waals surface area contributed by atoms with Gasteiger partial charge in [0.25, 0.3) is 5.91 Å². The molecule has 5 heteroatoms. The SMILES string of the molecule is CCC(C)N(CCOC)C(=O)COc1ccc(N)cc1. The zero-order chi connectivity index (χ0) is 15.0. The summed E-state index contributed by atoms with van der Waals surface area (Å²) in [6.45, 7) is 5.21. The van der Waals surface area contributed by atoms with Crippen molar-refractivity contribution in [3.05, 3.63) is 24.3 Å². The van der Waals surface area contributed by atoms with Crippen LogP contribution in [-0.2, 0) is 9.53 Å². The average molecular weight is 280 g/mol. The molecule has 0 fully saturated rings. The summed E-state index contributed by atoms with van der Waals surface area (Å²) in [5.74, 6) is 0.608. The molecule has 0 heterocycles. The molecule has 0 radical (unpaired) electrons. The van der Waals surface area contributed by atoms with Gasteiger partial charge in [-0.3, -0.25) is 4.79 Å². The highest BCUT2D eigenvalue weighted by Crippen LogP contribution is 2.13. The Kier molecular flexibility index (Phi) is 6.87. The van der Waals surface area contributed by atoms with E-state index >= 15 is 0 Å². The molecule has 1 aromatic carbocycles. The molecule has 0 aliphatic heterocycles. The smallest absolute Gasteiger partial charge is 0.260 e. The van der Waals surface area contributed by atoms with E-state index < -0.39 is 0 Å². The van der Waals surface area contributed by atoms with Crippen LogP contribution in [0.15, 0.2) is 24.3 Å². The molecule has 0 saturated heterocycles. The summed E-state index contributed by atoms with van der Waals surface area (Å²) in [7, 11) is 1.63. The predicted molar refractivity (Wildman–Crippen MR) is 79.7 cm³/mol. The van der Waals surface area contributed by atoms with Crippen LogP contribution in [0.5, 0.6) is 5.75 Å². The zero-order valence-corrected chi connectivity index (χ0v) is 12.5. The number of benzene rings is 1. The van der Waals surface area contributed by atoms with Gasteiger partial charge in [-0.1, -0.05) is 6.92 Å². The van der Waals surface area contributed by atoms with Gasteiger partial charge in [0.1, 0.15) is 5.75 Å². The number of methoxy groups -OCH3 is 1. The van der Waals surface area contributed by atoms with Crippen molar-refractivity contribution in [1.82, 2.24) is 4.90 Å². The molecule has 0 aromatic heterocycles. The fourth-order valence-electron chi connectivity index (χ4n) is 1.79. The van der Waals surface area contributed by atoms with E-state index in [1.165, 1.54) is 0 Å². The van der Waals surface area contributed by atoms with Gasteiger partial charge in [0.15, 0.2) is 6.61 Å². The second-order valence-electron chi connectivity index (χ2n) is 4.69. The highest BCUT2D eigenvalue weighted by atomic mass is 16.5. The Morgan fingerprint density at radius 1 is 1.35 bits per heavy atom. The first-order chi connectivity index (χ1) is 9.58. The number of nitrogens with zero attached hydrogens (tertiary/aromatic N) is 1. The summed E-state index contributed by atoms with van der Waals surface area (Å²) in [6, 6.07) is 7.18. The minimum absolute atomic E-state index is 0.0258. The molecule has 20 heavy (non-hydrogen) atoms. The second kappa shape index (κ2) is 8.43. The fraction of sp³-hybridized carbons (Fsp3) is 0.533. The zero-order valence-electron chi connectivity index (χ0n) is 12.5. The summed E-state index contributed by atoms with van der Waals surface area (Å²) in [5.41, 5.74) is 6.27. The van der Waals surface area contributed by atoms with E-state index in [0.717, 1.165) is 6.42 Å². The Balaban J connectivity index is 2.54. The maximum absolute atomic E-state index is 12.2. The van der Waals surface area contributed by atoms with Gasteiger partial charge in [0.2, 0.25) is 0 Å². The molecular formula is C15H24N2O3. The van der Waals surface area contributed by atoms with Crippen molar-refractivity contribution in [3.8, 4) is 5.75 Å². The van der Waals surface area contributed by atoms with E-state index in [1.54, 1.807) is 36.3 Å². The highest BCUT2D eigenvalue weighted by Gasteiger charge is 2.18. The van der Waals surface area contributed by atoms with E-state index in [1.807, 2.05) is 6.92 Å². The lowest BCUT2D eigenvalue weighted by atomic mass is 10.2. The van der Waals surface area contributed by atoms with Gasteiger partial charge < -0.3 is 20.1 Å². The fourth-order valence-corrected chi connectivity index (χ4v) is 1.79. The normalized spacial score (nSPS) is 11.9. The Morgan fingerprint density at radius 3 is 2.55 bits per heavy atom. The molecule has 112 valence electrons. The lowest BCUT2D eigenvalue weighted by Crippen LogP contribution is -2.43. The Morgan fingerprint density at radius 2 is 2.00 bits per heavy atom. The number of nitrogens with two attached hydrogens (primary N) is 1. The van der Waals surface area contributed by atoms with E-state index in [0.29, 0.717) is 24.6 Å². The molecule has 0 bridgehead atoms. The van der Waals surface area contributed by atoms with Gasteiger partial charge in [0, 0.05) is 25.4 Å². The quantitative estimate of drug-likeness (QED) is 0.739. The first-order valence-corrected chi connectivity index (χ1v) is 6.85. The lowest BCUT2D eigenvalue weighted by molar-refractivity contribution is -0.136. The predicted octanol–water partition coefficient (Wildman–Crippen LogP) is 1.92. The maximum atomic E-state index is 12.2. The monoisotopic (exact) mass is 280 g/mol. The number of ether oxygens (including phenoxy) is 2. The third-order valence-corrected chi connectivity index (χ3v) is 3.22. The van der Waals surface area contributed by atoms with Gasteiger partial charge >= 0.3 is 0 Å². The van der Waals surface area contributed by atoms with Crippen LogP contribution in [0.2, 0.25) is 0 Å². The third kappa shape index (κ3) is 5.09. The molecule has 1 atom stereocenters. The molecule has 0 aliphatic carbocycles. The van der Waals surface area contributed by atoms with Crippen molar-refractivity contribution in [2.24, 2.45) is 0 Å². The maximum Gasteiger partial charge on any atom is 0.260 e. The number of carbonyl (C=O) groups excluding carboxylic acids is 1. The van der Waals surface area contributed by atoms with Crippen LogP contribution in [0, 0.1) is 0 Å². The van der Waals surface area contributed by atoms with E-state index in [4.69, 9.17) is 15.2 Å². The average Bonchev–Trinajstić information content (AvgIpc) is 2.46. The summed E-state index contributed by atoms with van der Waals surface area (Å²) >= 11 is 0. The van der Waals surface area contributed by atoms with Crippen molar-refractivity contribution in [2.45, 2.75) is 26.3 Å². The molecule has 1 amide bonds. The molecule has 2 N–H and O–H groups in total. The van der Waals surface area contributed by atoms with Crippen LogP contribution in [0.4, 0.5) is 5.69 Å². The molecule has 1 rings (SSSR count). The number of hydrogen-bond acceptors (Lipinski definition) is 4. The van der Waals surface area contributed by atoms with Gasteiger partial charge in [-0.2, -0.15) is 0 Å². The number of rotatable bonds is 8. The van der Waals surface area contributed by atoms with Crippen LogP contribution in [-0.4, -0.2) is 43.7 Å². The van der Waals surface area contributed by atoms with Crippen molar-refractivity contribution in [2.75, 3.05) is 32.6 Å². The second-order valence-corrected chi connectivity index (χ2v) is 4.69. The molecule has 0 aliphatic rings. The van der Waals surface area contributed by atoms with Crippen molar-refractivity contribution < 1.29 is 14.3 Å². The van der Waals surface area contributed by atoms with Gasteiger partial charge in [-0.25, -0.2) is 0 Å². The number of carbonyl (C=O) groups is 1. The standard InChI is InChI=1S/C15H24N2O3/c1-4-12(2)17(9-10-19-3)15(18)11-20-14-7-5-13(16)6-8-14/h5-8,12H,4,9-11,16H2,1-3H3.